The van der Waals surface area contributed by atoms with Gasteiger partial charge < -0.3 is 4.52 Å². The van der Waals surface area contributed by atoms with Crippen LogP contribution in [0.15, 0.2) is 18.2 Å². The molecule has 0 bridgehead atoms. The van der Waals surface area contributed by atoms with Crippen LogP contribution in [0.1, 0.15) is 55.1 Å². The van der Waals surface area contributed by atoms with E-state index in [9.17, 15) is 9.36 Å². The Hall–Kier alpha value is -1.12. The monoisotopic (exact) mass is 296 g/mol. The van der Waals surface area contributed by atoms with Crippen LogP contribution >= 0.6 is 7.60 Å². The van der Waals surface area contributed by atoms with Crippen LogP contribution in [0.3, 0.4) is 0 Å². The maximum Gasteiger partial charge on any atom is 0.392 e. The number of hydrogen-bond acceptors (Lipinski definition) is 4. The van der Waals surface area contributed by atoms with Crippen molar-refractivity contribution in [3.8, 4) is 0 Å². The molecule has 0 N–H and O–H groups in total. The molecule has 0 saturated heterocycles. The zero-order chi connectivity index (χ0) is 15.0. The first-order chi connectivity index (χ1) is 9.44. The van der Waals surface area contributed by atoms with Crippen molar-refractivity contribution in [2.45, 2.75) is 45.7 Å². The molecule has 20 heavy (non-hydrogen) atoms. The minimum Gasteiger partial charge on any atom is -0.387 e. The van der Waals surface area contributed by atoms with Gasteiger partial charge in [0.2, 0.25) is 0 Å². The lowest BCUT2D eigenvalue weighted by molar-refractivity contribution is 0.0656. The summed E-state index contributed by atoms with van der Waals surface area (Å²) in [5, 5.41) is -0.738. The standard InChI is InChI=1S/C15H21O4P/c1-5-15(6-2)13-10-11(4)8-9-12(13)14(16)19-20(15,17)18-7-3/h8-10H,5-7H2,1-4H3. The summed E-state index contributed by atoms with van der Waals surface area (Å²) in [6.07, 6.45) is 1.20. The number of aryl methyl sites for hydroxylation is 1. The third-order valence-electron chi connectivity index (χ3n) is 4.09. The van der Waals surface area contributed by atoms with E-state index in [1.807, 2.05) is 32.9 Å². The van der Waals surface area contributed by atoms with Gasteiger partial charge in [0.25, 0.3) is 0 Å². The van der Waals surface area contributed by atoms with E-state index in [0.29, 0.717) is 18.4 Å². The van der Waals surface area contributed by atoms with Gasteiger partial charge in [-0.05, 0) is 38.3 Å². The average molecular weight is 296 g/mol. The average Bonchev–Trinajstić information content (AvgIpc) is 2.40. The molecule has 1 aromatic carbocycles. The van der Waals surface area contributed by atoms with Crippen molar-refractivity contribution in [1.82, 2.24) is 0 Å². The molecule has 4 nitrogen and oxygen atoms in total. The van der Waals surface area contributed by atoms with Crippen LogP contribution in [0.2, 0.25) is 0 Å². The molecule has 1 unspecified atom stereocenters. The predicted octanol–water partition coefficient (Wildman–Crippen LogP) is 4.41. The molecule has 0 aromatic heterocycles. The van der Waals surface area contributed by atoms with Gasteiger partial charge in [-0.25, -0.2) is 9.36 Å². The van der Waals surface area contributed by atoms with E-state index in [-0.39, 0.29) is 6.61 Å². The summed E-state index contributed by atoms with van der Waals surface area (Å²) in [7, 11) is -3.51. The van der Waals surface area contributed by atoms with E-state index < -0.39 is 18.7 Å². The van der Waals surface area contributed by atoms with Crippen molar-refractivity contribution in [3.63, 3.8) is 0 Å². The highest BCUT2D eigenvalue weighted by Gasteiger charge is 2.56. The molecular formula is C15H21O4P. The molecule has 1 aromatic rings. The Morgan fingerprint density at radius 1 is 1.25 bits per heavy atom. The minimum absolute atomic E-state index is 0.257. The van der Waals surface area contributed by atoms with Gasteiger partial charge in [0.05, 0.1) is 12.2 Å². The van der Waals surface area contributed by atoms with Gasteiger partial charge in [-0.1, -0.05) is 31.5 Å². The Labute approximate surface area is 120 Å². The van der Waals surface area contributed by atoms with Gasteiger partial charge in [0.1, 0.15) is 5.16 Å². The maximum absolute atomic E-state index is 13.2. The van der Waals surface area contributed by atoms with Gasteiger partial charge in [-0.3, -0.25) is 4.52 Å². The second-order valence-electron chi connectivity index (χ2n) is 5.08. The fraction of sp³-hybridized carbons (Fsp3) is 0.533. The van der Waals surface area contributed by atoms with Crippen LogP contribution in [0.4, 0.5) is 0 Å². The summed E-state index contributed by atoms with van der Waals surface area (Å²) in [6, 6.07) is 5.56. The Bertz CT molecular complexity index is 575. The van der Waals surface area contributed by atoms with Gasteiger partial charge >= 0.3 is 13.6 Å². The first-order valence-electron chi connectivity index (χ1n) is 7.03. The third kappa shape index (κ3) is 2.02. The maximum atomic E-state index is 13.2. The Kier molecular flexibility index (Phi) is 4.08. The molecule has 110 valence electrons. The largest absolute Gasteiger partial charge is 0.392 e. The zero-order valence-electron chi connectivity index (χ0n) is 12.4. The van der Waals surface area contributed by atoms with Crippen LogP contribution in [0, 0.1) is 6.92 Å². The van der Waals surface area contributed by atoms with Gasteiger partial charge in [-0.2, -0.15) is 0 Å². The highest BCUT2D eigenvalue weighted by atomic mass is 31.2. The number of hydrogen-bond donors (Lipinski definition) is 0. The molecule has 0 fully saturated rings. The van der Waals surface area contributed by atoms with Gasteiger partial charge in [0, 0.05) is 0 Å². The summed E-state index contributed by atoms with van der Waals surface area (Å²) >= 11 is 0. The molecular weight excluding hydrogens is 275 g/mol. The number of benzene rings is 1. The fourth-order valence-corrected chi connectivity index (χ4v) is 5.34. The first kappa shape index (κ1) is 15.3. The van der Waals surface area contributed by atoms with Crippen LogP contribution < -0.4 is 0 Å². The van der Waals surface area contributed by atoms with Crippen molar-refractivity contribution in [2.75, 3.05) is 6.61 Å². The van der Waals surface area contributed by atoms with Crippen molar-refractivity contribution in [1.29, 1.82) is 0 Å². The number of carbonyl (C=O) groups excluding carboxylic acids is 1. The molecule has 1 aliphatic heterocycles. The summed E-state index contributed by atoms with van der Waals surface area (Å²) < 4.78 is 23.9. The van der Waals surface area contributed by atoms with Crippen molar-refractivity contribution in [2.24, 2.45) is 0 Å². The van der Waals surface area contributed by atoms with Crippen LogP contribution in [-0.4, -0.2) is 12.6 Å². The van der Waals surface area contributed by atoms with E-state index in [1.165, 1.54) is 0 Å². The number of rotatable bonds is 4. The van der Waals surface area contributed by atoms with Crippen molar-refractivity contribution in [3.05, 3.63) is 34.9 Å². The van der Waals surface area contributed by atoms with Crippen molar-refractivity contribution < 1.29 is 18.4 Å². The summed E-state index contributed by atoms with van der Waals surface area (Å²) in [6.45, 7) is 7.89. The second-order valence-corrected chi connectivity index (χ2v) is 7.37. The Morgan fingerprint density at radius 2 is 1.90 bits per heavy atom. The zero-order valence-corrected chi connectivity index (χ0v) is 13.3. The second kappa shape index (κ2) is 5.34. The molecule has 0 spiro atoms. The van der Waals surface area contributed by atoms with E-state index in [1.54, 1.807) is 13.0 Å². The van der Waals surface area contributed by atoms with E-state index in [4.69, 9.17) is 9.05 Å². The molecule has 0 radical (unpaired) electrons. The summed E-state index contributed by atoms with van der Waals surface area (Å²) in [5.41, 5.74) is 2.34. The normalized spacial score (nSPS) is 24.1. The highest BCUT2D eigenvalue weighted by molar-refractivity contribution is 7.56. The smallest absolute Gasteiger partial charge is 0.387 e. The Balaban J connectivity index is 2.75. The van der Waals surface area contributed by atoms with Crippen LogP contribution in [0.5, 0.6) is 0 Å². The first-order valence-corrected chi connectivity index (χ1v) is 8.58. The molecule has 0 amide bonds. The molecule has 1 atom stereocenters. The summed E-state index contributed by atoms with van der Waals surface area (Å²) in [5.74, 6) is -0.547. The molecule has 1 heterocycles. The highest BCUT2D eigenvalue weighted by Crippen LogP contribution is 2.70. The lowest BCUT2D eigenvalue weighted by Gasteiger charge is -2.41. The Morgan fingerprint density at radius 3 is 2.45 bits per heavy atom. The van der Waals surface area contributed by atoms with Crippen molar-refractivity contribution >= 4 is 13.6 Å². The molecule has 5 heteroatoms. The van der Waals surface area contributed by atoms with Gasteiger partial charge in [-0.15, -0.1) is 0 Å². The molecule has 0 saturated carbocycles. The van der Waals surface area contributed by atoms with E-state index in [2.05, 4.69) is 0 Å². The quantitative estimate of drug-likeness (QED) is 0.772. The number of carbonyl (C=O) groups is 1. The third-order valence-corrected chi connectivity index (χ3v) is 7.02. The topological polar surface area (TPSA) is 52.6 Å². The van der Waals surface area contributed by atoms with Crippen LogP contribution in [0.25, 0.3) is 0 Å². The van der Waals surface area contributed by atoms with E-state index in [0.717, 1.165) is 11.1 Å². The predicted molar refractivity (Wildman–Crippen MR) is 78.1 cm³/mol. The lowest BCUT2D eigenvalue weighted by Crippen LogP contribution is -2.34. The minimum atomic E-state index is -3.51. The molecule has 0 aliphatic carbocycles. The summed E-state index contributed by atoms with van der Waals surface area (Å²) in [4.78, 5) is 12.1. The number of fused-ring (bicyclic) bond motifs is 1. The molecule has 2 rings (SSSR count). The molecule has 1 aliphatic rings. The van der Waals surface area contributed by atoms with Crippen LogP contribution in [-0.2, 0) is 18.8 Å². The SMILES string of the molecule is CCOP1(=O)OC(=O)c2ccc(C)cc2C1(CC)CC. The van der Waals surface area contributed by atoms with Gasteiger partial charge in [0.15, 0.2) is 0 Å². The van der Waals surface area contributed by atoms with E-state index >= 15 is 0 Å². The fourth-order valence-electron chi connectivity index (χ4n) is 2.95. The lowest BCUT2D eigenvalue weighted by atomic mass is 9.87.